The summed E-state index contributed by atoms with van der Waals surface area (Å²) in [7, 11) is 1.81. The number of ether oxygens (including phenoxy) is 1. The summed E-state index contributed by atoms with van der Waals surface area (Å²) in [6.45, 7) is 13.7. The van der Waals surface area contributed by atoms with Gasteiger partial charge in [-0.15, -0.1) is 0 Å². The molecule has 0 radical (unpaired) electrons. The summed E-state index contributed by atoms with van der Waals surface area (Å²) in [4.78, 5) is 14.7. The first-order chi connectivity index (χ1) is 18.5. The van der Waals surface area contributed by atoms with Gasteiger partial charge in [0.1, 0.15) is 18.2 Å². The fourth-order valence-electron chi connectivity index (χ4n) is 5.22. The third-order valence-corrected chi connectivity index (χ3v) is 7.63. The van der Waals surface area contributed by atoms with Crippen molar-refractivity contribution in [1.82, 2.24) is 4.90 Å². The molecule has 3 aromatic rings. The molecule has 1 atom stereocenters. The third kappa shape index (κ3) is 6.19. The van der Waals surface area contributed by atoms with E-state index in [0.29, 0.717) is 43.2 Å². The number of carboxylic acid groups (broad SMARTS) is 1. The summed E-state index contributed by atoms with van der Waals surface area (Å²) in [5, 5.41) is 13.3. The van der Waals surface area contributed by atoms with Crippen LogP contribution in [0.2, 0.25) is 0 Å². The number of fused-ring (bicyclic) bond motifs is 1. The quantitative estimate of drug-likeness (QED) is 0.291. The van der Waals surface area contributed by atoms with Gasteiger partial charge in [0, 0.05) is 38.2 Å². The van der Waals surface area contributed by atoms with Gasteiger partial charge < -0.3 is 20.9 Å². The SMILES string of the molecule is CC.CNc1ccc(C(c2ccc(C)c(CN3CCOc4cccc(F)c4C3)c2)C(C)(C)C(=O)O)c(C)c1N. The molecule has 1 aliphatic rings. The number of nitrogen functional groups attached to an aromatic ring is 1. The van der Waals surface area contributed by atoms with Gasteiger partial charge in [-0.1, -0.05) is 44.2 Å². The van der Waals surface area contributed by atoms with Crippen molar-refractivity contribution in [2.45, 2.75) is 60.5 Å². The molecule has 3 aromatic carbocycles. The zero-order valence-electron chi connectivity index (χ0n) is 24.2. The Morgan fingerprint density at radius 3 is 2.56 bits per heavy atom. The fourth-order valence-corrected chi connectivity index (χ4v) is 5.22. The Morgan fingerprint density at radius 2 is 1.90 bits per heavy atom. The molecule has 7 heteroatoms. The van der Waals surface area contributed by atoms with Crippen LogP contribution in [0.5, 0.6) is 5.75 Å². The molecule has 4 N–H and O–H groups in total. The minimum Gasteiger partial charge on any atom is -0.492 e. The van der Waals surface area contributed by atoms with Crippen LogP contribution >= 0.6 is 0 Å². The van der Waals surface area contributed by atoms with E-state index in [9.17, 15) is 14.3 Å². The Hall–Kier alpha value is -3.58. The van der Waals surface area contributed by atoms with Crippen LogP contribution in [0.15, 0.2) is 48.5 Å². The van der Waals surface area contributed by atoms with E-state index in [2.05, 4.69) is 16.3 Å². The highest BCUT2D eigenvalue weighted by molar-refractivity contribution is 5.78. The molecule has 6 nitrogen and oxygen atoms in total. The van der Waals surface area contributed by atoms with Crippen molar-refractivity contribution in [2.24, 2.45) is 5.41 Å². The van der Waals surface area contributed by atoms with Crippen LogP contribution in [0.1, 0.15) is 67.0 Å². The smallest absolute Gasteiger partial charge is 0.310 e. The number of aliphatic carboxylic acids is 1. The van der Waals surface area contributed by atoms with Crippen molar-refractivity contribution >= 4 is 17.3 Å². The van der Waals surface area contributed by atoms with E-state index < -0.39 is 17.3 Å². The highest BCUT2D eigenvalue weighted by Gasteiger charge is 2.40. The van der Waals surface area contributed by atoms with E-state index in [1.54, 1.807) is 26.0 Å². The summed E-state index contributed by atoms with van der Waals surface area (Å²) in [6.07, 6.45) is 0. The number of rotatable bonds is 7. The second-order valence-electron chi connectivity index (χ2n) is 10.4. The molecule has 0 spiro atoms. The maximum atomic E-state index is 14.6. The number of nitrogens with zero attached hydrogens (tertiary/aromatic N) is 1. The lowest BCUT2D eigenvalue weighted by atomic mass is 9.69. The maximum absolute atomic E-state index is 14.6. The summed E-state index contributed by atoms with van der Waals surface area (Å²) >= 11 is 0. The van der Waals surface area contributed by atoms with Gasteiger partial charge in [0.05, 0.1) is 16.8 Å². The van der Waals surface area contributed by atoms with Crippen LogP contribution in [0.25, 0.3) is 0 Å². The molecule has 1 aliphatic heterocycles. The van der Waals surface area contributed by atoms with E-state index in [0.717, 1.165) is 33.5 Å². The number of nitrogens with one attached hydrogen (secondary N) is 1. The standard InChI is InChI=1S/C30H36FN3O3.C2H6/c1-18-9-10-20(15-21(18)16-34-13-14-37-26-8-6-7-24(31)23(26)17-34)27(30(3,4)29(35)36)22-11-12-25(33-5)28(32)19(22)2;1-2/h6-12,15,27,33H,13-14,16-17,32H2,1-5H3,(H,35,36);1-2H3. The van der Waals surface area contributed by atoms with Crippen molar-refractivity contribution in [1.29, 1.82) is 0 Å². The molecule has 0 aliphatic carbocycles. The fraction of sp³-hybridized carbons (Fsp3) is 0.406. The lowest BCUT2D eigenvalue weighted by molar-refractivity contribution is -0.147. The normalized spacial score (nSPS) is 14.3. The Kier molecular flexibility index (Phi) is 9.62. The summed E-state index contributed by atoms with van der Waals surface area (Å²) in [6, 6.07) is 15.0. The Bertz CT molecular complexity index is 1320. The average molecular weight is 536 g/mol. The van der Waals surface area contributed by atoms with Crippen LogP contribution in [-0.4, -0.2) is 36.2 Å². The zero-order valence-corrected chi connectivity index (χ0v) is 24.2. The van der Waals surface area contributed by atoms with Gasteiger partial charge in [0.15, 0.2) is 0 Å². The van der Waals surface area contributed by atoms with Crippen molar-refractivity contribution in [2.75, 3.05) is 31.2 Å². The van der Waals surface area contributed by atoms with Crippen LogP contribution in [0.4, 0.5) is 15.8 Å². The first-order valence-corrected chi connectivity index (χ1v) is 13.6. The largest absolute Gasteiger partial charge is 0.492 e. The molecule has 1 heterocycles. The third-order valence-electron chi connectivity index (χ3n) is 7.63. The van der Waals surface area contributed by atoms with E-state index >= 15 is 0 Å². The number of carbonyl (C=O) groups is 1. The molecule has 39 heavy (non-hydrogen) atoms. The van der Waals surface area contributed by atoms with Crippen molar-refractivity contribution in [3.05, 3.63) is 87.7 Å². The van der Waals surface area contributed by atoms with Crippen molar-refractivity contribution in [3.8, 4) is 5.75 Å². The molecule has 4 rings (SSSR count). The molecule has 0 saturated heterocycles. The van der Waals surface area contributed by atoms with Crippen molar-refractivity contribution < 1.29 is 19.0 Å². The molecular weight excluding hydrogens is 493 g/mol. The second-order valence-corrected chi connectivity index (χ2v) is 10.4. The van der Waals surface area contributed by atoms with Crippen LogP contribution in [-0.2, 0) is 17.9 Å². The number of hydrogen-bond acceptors (Lipinski definition) is 5. The zero-order chi connectivity index (χ0) is 28.9. The predicted molar refractivity (Wildman–Crippen MR) is 157 cm³/mol. The molecule has 0 saturated carbocycles. The Labute approximate surface area is 232 Å². The topological polar surface area (TPSA) is 87.8 Å². The number of carboxylic acids is 1. The molecule has 0 aromatic heterocycles. The highest BCUT2D eigenvalue weighted by atomic mass is 19.1. The molecule has 210 valence electrons. The lowest BCUT2D eigenvalue weighted by Gasteiger charge is -2.34. The number of benzene rings is 3. The van der Waals surface area contributed by atoms with Gasteiger partial charge >= 0.3 is 5.97 Å². The average Bonchev–Trinajstić information content (AvgIpc) is 3.12. The maximum Gasteiger partial charge on any atom is 0.310 e. The van der Waals surface area contributed by atoms with Gasteiger partial charge in [0.25, 0.3) is 0 Å². The summed E-state index contributed by atoms with van der Waals surface area (Å²) in [5.74, 6) is -0.985. The number of anilines is 2. The van der Waals surface area contributed by atoms with Crippen LogP contribution in [0, 0.1) is 25.1 Å². The van der Waals surface area contributed by atoms with Gasteiger partial charge in [-0.2, -0.15) is 0 Å². The van der Waals surface area contributed by atoms with Gasteiger partial charge in [-0.25, -0.2) is 4.39 Å². The Morgan fingerprint density at radius 1 is 1.18 bits per heavy atom. The van der Waals surface area contributed by atoms with Gasteiger partial charge in [-0.3, -0.25) is 9.69 Å². The molecule has 0 fully saturated rings. The molecule has 0 amide bonds. The molecular formula is C32H42FN3O3. The number of aryl methyl sites for hydroxylation is 1. The molecule has 1 unspecified atom stereocenters. The first kappa shape index (κ1) is 30.0. The highest BCUT2D eigenvalue weighted by Crippen LogP contribution is 2.45. The summed E-state index contributed by atoms with van der Waals surface area (Å²) in [5.41, 5.74) is 12.1. The van der Waals surface area contributed by atoms with Crippen molar-refractivity contribution in [3.63, 3.8) is 0 Å². The van der Waals surface area contributed by atoms with Crippen LogP contribution < -0.4 is 15.8 Å². The lowest BCUT2D eigenvalue weighted by Crippen LogP contribution is -2.33. The number of hydrogen-bond donors (Lipinski definition) is 3. The van der Waals surface area contributed by atoms with E-state index in [1.165, 1.54) is 6.07 Å². The van der Waals surface area contributed by atoms with Crippen LogP contribution in [0.3, 0.4) is 0 Å². The Balaban J connectivity index is 0.00000205. The van der Waals surface area contributed by atoms with Gasteiger partial charge in [0.2, 0.25) is 0 Å². The van der Waals surface area contributed by atoms with E-state index in [4.69, 9.17) is 10.5 Å². The number of halogens is 1. The number of nitrogens with two attached hydrogens (primary N) is 1. The predicted octanol–water partition coefficient (Wildman–Crippen LogP) is 6.73. The second kappa shape index (κ2) is 12.5. The monoisotopic (exact) mass is 535 g/mol. The minimum atomic E-state index is -1.09. The van der Waals surface area contributed by atoms with Gasteiger partial charge in [-0.05, 0) is 73.7 Å². The minimum absolute atomic E-state index is 0.267. The van der Waals surface area contributed by atoms with E-state index in [1.807, 2.05) is 59.0 Å². The summed E-state index contributed by atoms with van der Waals surface area (Å²) < 4.78 is 20.4. The first-order valence-electron chi connectivity index (χ1n) is 13.6. The molecule has 0 bridgehead atoms. The van der Waals surface area contributed by atoms with E-state index in [-0.39, 0.29) is 5.82 Å².